The van der Waals surface area contributed by atoms with Crippen LogP contribution in [0.4, 0.5) is 11.5 Å². The van der Waals surface area contributed by atoms with Crippen molar-refractivity contribution in [2.45, 2.75) is 0 Å². The Balaban J connectivity index is 2.12. The smallest absolute Gasteiger partial charge is 0.192 e. The minimum Gasteiger partial charge on any atom is -0.497 e. The van der Waals surface area contributed by atoms with E-state index in [9.17, 15) is 0 Å². The first-order valence-corrected chi connectivity index (χ1v) is 4.70. The minimum atomic E-state index is 0.485. The minimum absolute atomic E-state index is 0.485. The summed E-state index contributed by atoms with van der Waals surface area (Å²) < 4.78 is 5.04. The van der Waals surface area contributed by atoms with Gasteiger partial charge in [-0.25, -0.2) is 4.98 Å². The molecule has 5 heteroatoms. The SMILES string of the molecule is COc1ccc(N=Nc2cnccn2)cc1. The van der Waals surface area contributed by atoms with E-state index in [0.717, 1.165) is 11.4 Å². The van der Waals surface area contributed by atoms with E-state index in [4.69, 9.17) is 4.74 Å². The van der Waals surface area contributed by atoms with Crippen LogP contribution in [0.2, 0.25) is 0 Å². The van der Waals surface area contributed by atoms with Gasteiger partial charge in [-0.3, -0.25) is 4.98 Å². The van der Waals surface area contributed by atoms with E-state index < -0.39 is 0 Å². The molecule has 0 spiro atoms. The summed E-state index contributed by atoms with van der Waals surface area (Å²) in [5.74, 6) is 1.27. The van der Waals surface area contributed by atoms with Gasteiger partial charge in [0, 0.05) is 12.4 Å². The summed E-state index contributed by atoms with van der Waals surface area (Å²) in [4.78, 5) is 7.87. The van der Waals surface area contributed by atoms with Gasteiger partial charge in [-0.15, -0.1) is 10.2 Å². The molecule has 1 aromatic heterocycles. The molecule has 80 valence electrons. The zero-order valence-electron chi connectivity index (χ0n) is 8.74. The number of hydrogen-bond acceptors (Lipinski definition) is 5. The van der Waals surface area contributed by atoms with Crippen LogP contribution < -0.4 is 4.74 Å². The second-order valence-corrected chi connectivity index (χ2v) is 2.96. The molecule has 2 rings (SSSR count). The van der Waals surface area contributed by atoms with Gasteiger partial charge >= 0.3 is 0 Å². The summed E-state index contributed by atoms with van der Waals surface area (Å²) in [5.41, 5.74) is 0.742. The van der Waals surface area contributed by atoms with Crippen molar-refractivity contribution in [2.75, 3.05) is 7.11 Å². The number of aromatic nitrogens is 2. The zero-order chi connectivity index (χ0) is 11.2. The van der Waals surface area contributed by atoms with Gasteiger partial charge in [0.2, 0.25) is 0 Å². The van der Waals surface area contributed by atoms with Gasteiger partial charge in [0.1, 0.15) is 5.75 Å². The Bertz CT molecular complexity index is 467. The Kier molecular flexibility index (Phi) is 3.18. The number of nitrogens with zero attached hydrogens (tertiary/aromatic N) is 4. The van der Waals surface area contributed by atoms with Crippen molar-refractivity contribution in [3.8, 4) is 5.75 Å². The van der Waals surface area contributed by atoms with Crippen molar-refractivity contribution in [1.29, 1.82) is 0 Å². The molecule has 0 radical (unpaired) electrons. The Labute approximate surface area is 92.9 Å². The van der Waals surface area contributed by atoms with E-state index in [1.54, 1.807) is 25.7 Å². The normalized spacial score (nSPS) is 10.6. The van der Waals surface area contributed by atoms with Gasteiger partial charge in [-0.1, -0.05) is 0 Å². The fourth-order valence-corrected chi connectivity index (χ4v) is 1.10. The molecule has 0 aliphatic carbocycles. The van der Waals surface area contributed by atoms with Crippen molar-refractivity contribution in [1.82, 2.24) is 9.97 Å². The molecular weight excluding hydrogens is 204 g/mol. The second kappa shape index (κ2) is 4.97. The number of benzene rings is 1. The van der Waals surface area contributed by atoms with Crippen molar-refractivity contribution in [3.05, 3.63) is 42.9 Å². The molecule has 16 heavy (non-hydrogen) atoms. The number of methoxy groups -OCH3 is 1. The van der Waals surface area contributed by atoms with Gasteiger partial charge < -0.3 is 4.74 Å². The molecule has 0 aliphatic rings. The maximum absolute atomic E-state index is 5.04. The Hall–Kier alpha value is -2.30. The largest absolute Gasteiger partial charge is 0.497 e. The highest BCUT2D eigenvalue weighted by Gasteiger charge is 1.92. The Morgan fingerprint density at radius 2 is 1.88 bits per heavy atom. The molecule has 0 aliphatic heterocycles. The first-order valence-electron chi connectivity index (χ1n) is 4.70. The molecule has 0 saturated carbocycles. The van der Waals surface area contributed by atoms with Crippen LogP contribution in [0.25, 0.3) is 0 Å². The summed E-state index contributed by atoms with van der Waals surface area (Å²) in [7, 11) is 1.62. The molecule has 0 fully saturated rings. The van der Waals surface area contributed by atoms with Crippen molar-refractivity contribution < 1.29 is 4.74 Å². The van der Waals surface area contributed by atoms with Crippen LogP contribution in [-0.4, -0.2) is 17.1 Å². The molecule has 0 atom stereocenters. The average Bonchev–Trinajstić information content (AvgIpc) is 2.38. The molecule has 1 heterocycles. The van der Waals surface area contributed by atoms with Crippen molar-refractivity contribution in [2.24, 2.45) is 10.2 Å². The summed E-state index contributed by atoms with van der Waals surface area (Å²) in [6.45, 7) is 0. The summed E-state index contributed by atoms with van der Waals surface area (Å²) in [6.07, 6.45) is 4.71. The zero-order valence-corrected chi connectivity index (χ0v) is 8.74. The average molecular weight is 214 g/mol. The predicted molar refractivity (Wildman–Crippen MR) is 59.2 cm³/mol. The van der Waals surface area contributed by atoms with Crippen LogP contribution in [0, 0.1) is 0 Å². The van der Waals surface area contributed by atoms with Gasteiger partial charge in [0.25, 0.3) is 0 Å². The fraction of sp³-hybridized carbons (Fsp3) is 0.0909. The van der Waals surface area contributed by atoms with E-state index in [-0.39, 0.29) is 0 Å². The summed E-state index contributed by atoms with van der Waals surface area (Å²) >= 11 is 0. The van der Waals surface area contributed by atoms with Gasteiger partial charge in [0.05, 0.1) is 19.0 Å². The molecule has 0 saturated heterocycles. The quantitative estimate of drug-likeness (QED) is 0.738. The molecule has 0 amide bonds. The van der Waals surface area contributed by atoms with Crippen LogP contribution in [-0.2, 0) is 0 Å². The van der Waals surface area contributed by atoms with Crippen LogP contribution in [0.5, 0.6) is 5.75 Å². The number of azo groups is 1. The molecule has 0 N–H and O–H groups in total. The molecular formula is C11H10N4O. The maximum atomic E-state index is 5.04. The third kappa shape index (κ3) is 2.60. The van der Waals surface area contributed by atoms with Gasteiger partial charge in [0.15, 0.2) is 5.82 Å². The van der Waals surface area contributed by atoms with E-state index in [1.807, 2.05) is 24.3 Å². The lowest BCUT2D eigenvalue weighted by Gasteiger charge is -1.97. The van der Waals surface area contributed by atoms with Crippen molar-refractivity contribution in [3.63, 3.8) is 0 Å². The third-order valence-electron chi connectivity index (χ3n) is 1.89. The standard InChI is InChI=1S/C11H10N4O/c1-16-10-4-2-9(3-5-10)14-15-11-8-12-6-7-13-11/h2-8H,1H3. The lowest BCUT2D eigenvalue weighted by Crippen LogP contribution is -1.79. The molecule has 5 nitrogen and oxygen atoms in total. The second-order valence-electron chi connectivity index (χ2n) is 2.96. The van der Waals surface area contributed by atoms with Crippen LogP contribution in [0.3, 0.4) is 0 Å². The number of rotatable bonds is 3. The summed E-state index contributed by atoms with van der Waals surface area (Å²) in [6, 6.07) is 7.29. The molecule has 2 aromatic rings. The summed E-state index contributed by atoms with van der Waals surface area (Å²) in [5, 5.41) is 7.96. The van der Waals surface area contributed by atoms with Crippen molar-refractivity contribution >= 4 is 11.5 Å². The van der Waals surface area contributed by atoms with E-state index in [2.05, 4.69) is 20.2 Å². The first-order chi connectivity index (χ1) is 7.88. The predicted octanol–water partition coefficient (Wildman–Crippen LogP) is 2.90. The van der Waals surface area contributed by atoms with Crippen LogP contribution in [0.1, 0.15) is 0 Å². The number of hydrogen-bond donors (Lipinski definition) is 0. The maximum Gasteiger partial charge on any atom is 0.192 e. The highest BCUT2D eigenvalue weighted by atomic mass is 16.5. The molecule has 1 aromatic carbocycles. The van der Waals surface area contributed by atoms with Crippen LogP contribution in [0.15, 0.2) is 53.1 Å². The van der Waals surface area contributed by atoms with Crippen LogP contribution >= 0.6 is 0 Å². The monoisotopic (exact) mass is 214 g/mol. The lowest BCUT2D eigenvalue weighted by molar-refractivity contribution is 0.415. The number of ether oxygens (including phenoxy) is 1. The highest BCUT2D eigenvalue weighted by molar-refractivity contribution is 5.41. The topological polar surface area (TPSA) is 59.7 Å². The van der Waals surface area contributed by atoms with Gasteiger partial charge in [-0.05, 0) is 24.3 Å². The van der Waals surface area contributed by atoms with Gasteiger partial charge in [-0.2, -0.15) is 0 Å². The Morgan fingerprint density at radius 3 is 2.50 bits per heavy atom. The van der Waals surface area contributed by atoms with E-state index in [0.29, 0.717) is 5.82 Å². The first kappa shape index (κ1) is 10.2. The molecule has 0 unspecified atom stereocenters. The Morgan fingerprint density at radius 1 is 1.06 bits per heavy atom. The molecule has 0 bridgehead atoms. The van der Waals surface area contributed by atoms with E-state index >= 15 is 0 Å². The van der Waals surface area contributed by atoms with E-state index in [1.165, 1.54) is 0 Å². The lowest BCUT2D eigenvalue weighted by atomic mass is 10.3. The third-order valence-corrected chi connectivity index (χ3v) is 1.89. The highest BCUT2D eigenvalue weighted by Crippen LogP contribution is 2.19. The fourth-order valence-electron chi connectivity index (χ4n) is 1.10.